The Hall–Kier alpha value is -1.90. The fourth-order valence-electron chi connectivity index (χ4n) is 1.94. The summed E-state index contributed by atoms with van der Waals surface area (Å²) in [5.41, 5.74) is 0.955. The number of hydrogen-bond acceptors (Lipinski definition) is 2. The number of nitrogens with zero attached hydrogens (tertiary/aromatic N) is 1. The number of carbonyl (C=O) groups excluding carboxylic acids is 2. The first-order chi connectivity index (χ1) is 8.31. The lowest BCUT2D eigenvalue weighted by molar-refractivity contribution is -0.125. The average Bonchev–Trinajstić information content (AvgIpc) is 2.90. The third kappa shape index (κ3) is 2.81. The molecule has 0 aromatic heterocycles. The first-order valence-corrected chi connectivity index (χ1v) is 5.75. The normalized spacial score (nSPS) is 16.0. The van der Waals surface area contributed by atoms with Crippen molar-refractivity contribution in [1.29, 1.82) is 0 Å². The van der Waals surface area contributed by atoms with Gasteiger partial charge in [0.2, 0.25) is 6.29 Å². The molecule has 87 valence electrons. The van der Waals surface area contributed by atoms with E-state index in [-0.39, 0.29) is 11.5 Å². The minimum Gasteiger partial charge on any atom is -0.339 e. The highest BCUT2D eigenvalue weighted by Gasteiger charge is 2.21. The Balaban J connectivity index is 2.18. The molecular formula is C14H14NO2. The van der Waals surface area contributed by atoms with Crippen molar-refractivity contribution in [2.45, 2.75) is 12.8 Å². The van der Waals surface area contributed by atoms with Crippen molar-refractivity contribution in [3.8, 4) is 0 Å². The van der Waals surface area contributed by atoms with Gasteiger partial charge in [-0.1, -0.05) is 30.3 Å². The van der Waals surface area contributed by atoms with E-state index in [1.54, 1.807) is 17.3 Å². The SMILES string of the molecule is O=[C]C(=Cc1ccccc1)C(=O)N1CCCC1. The molecule has 0 saturated carbocycles. The monoisotopic (exact) mass is 228 g/mol. The van der Waals surface area contributed by atoms with E-state index in [1.807, 2.05) is 30.3 Å². The summed E-state index contributed by atoms with van der Waals surface area (Å²) in [5, 5.41) is 0. The number of carbonyl (C=O) groups is 1. The molecule has 0 unspecified atom stereocenters. The van der Waals surface area contributed by atoms with Gasteiger partial charge < -0.3 is 4.90 Å². The molecule has 1 heterocycles. The summed E-state index contributed by atoms with van der Waals surface area (Å²) < 4.78 is 0. The molecule has 2 rings (SSSR count). The minimum atomic E-state index is -0.207. The van der Waals surface area contributed by atoms with E-state index in [0.717, 1.165) is 31.5 Å². The highest BCUT2D eigenvalue weighted by molar-refractivity contribution is 6.14. The maximum Gasteiger partial charge on any atom is 0.257 e. The Morgan fingerprint density at radius 1 is 1.18 bits per heavy atom. The van der Waals surface area contributed by atoms with Crippen LogP contribution in [0.2, 0.25) is 0 Å². The average molecular weight is 228 g/mol. The molecular weight excluding hydrogens is 214 g/mol. The maximum absolute atomic E-state index is 12.0. The van der Waals surface area contributed by atoms with Gasteiger partial charge >= 0.3 is 0 Å². The van der Waals surface area contributed by atoms with Crippen LogP contribution in [0.4, 0.5) is 0 Å². The summed E-state index contributed by atoms with van der Waals surface area (Å²) in [6, 6.07) is 9.34. The van der Waals surface area contributed by atoms with Crippen LogP contribution < -0.4 is 0 Å². The van der Waals surface area contributed by atoms with Gasteiger partial charge in [0.1, 0.15) is 0 Å². The topological polar surface area (TPSA) is 37.4 Å². The predicted molar refractivity (Wildman–Crippen MR) is 65.9 cm³/mol. The standard InChI is InChI=1S/C14H14NO2/c16-11-13(10-12-6-2-1-3-7-12)14(17)15-8-4-5-9-15/h1-3,6-7,10H,4-5,8-9H2. The van der Waals surface area contributed by atoms with Crippen molar-refractivity contribution in [3.63, 3.8) is 0 Å². The molecule has 17 heavy (non-hydrogen) atoms. The molecule has 1 radical (unpaired) electrons. The van der Waals surface area contributed by atoms with Gasteiger partial charge in [-0.25, -0.2) is 0 Å². The van der Waals surface area contributed by atoms with E-state index in [9.17, 15) is 9.59 Å². The molecule has 0 spiro atoms. The minimum absolute atomic E-state index is 0.109. The van der Waals surface area contributed by atoms with Gasteiger partial charge in [-0.15, -0.1) is 0 Å². The van der Waals surface area contributed by atoms with Crippen LogP contribution in [0, 0.1) is 0 Å². The molecule has 1 aliphatic heterocycles. The van der Waals surface area contributed by atoms with Crippen molar-refractivity contribution in [3.05, 3.63) is 41.5 Å². The van der Waals surface area contributed by atoms with Gasteiger partial charge in [-0.2, -0.15) is 0 Å². The second-order valence-electron chi connectivity index (χ2n) is 4.07. The number of likely N-dealkylation sites (tertiary alicyclic amines) is 1. The van der Waals surface area contributed by atoms with Gasteiger partial charge in [-0.05, 0) is 24.5 Å². The van der Waals surface area contributed by atoms with E-state index in [2.05, 4.69) is 0 Å². The van der Waals surface area contributed by atoms with Crippen molar-refractivity contribution >= 4 is 18.3 Å². The number of benzene rings is 1. The van der Waals surface area contributed by atoms with Gasteiger partial charge in [-0.3, -0.25) is 9.59 Å². The summed E-state index contributed by atoms with van der Waals surface area (Å²) in [6.07, 6.45) is 5.37. The van der Waals surface area contributed by atoms with E-state index in [4.69, 9.17) is 0 Å². The molecule has 1 amide bonds. The molecule has 0 bridgehead atoms. The van der Waals surface area contributed by atoms with E-state index in [1.165, 1.54) is 0 Å². The molecule has 3 nitrogen and oxygen atoms in total. The van der Waals surface area contributed by atoms with E-state index >= 15 is 0 Å². The van der Waals surface area contributed by atoms with Crippen LogP contribution in [-0.2, 0) is 9.59 Å². The lowest BCUT2D eigenvalue weighted by Crippen LogP contribution is -2.29. The Labute approximate surface area is 101 Å². The Morgan fingerprint density at radius 3 is 2.41 bits per heavy atom. The Morgan fingerprint density at radius 2 is 1.82 bits per heavy atom. The number of hydrogen-bond donors (Lipinski definition) is 0. The molecule has 0 aliphatic carbocycles. The first kappa shape index (κ1) is 11.6. The third-order valence-corrected chi connectivity index (χ3v) is 2.84. The van der Waals surface area contributed by atoms with Gasteiger partial charge in [0.05, 0.1) is 5.57 Å². The molecule has 1 aliphatic rings. The molecule has 3 heteroatoms. The predicted octanol–water partition coefficient (Wildman–Crippen LogP) is 1.80. The summed E-state index contributed by atoms with van der Waals surface area (Å²) >= 11 is 0. The molecule has 1 aromatic carbocycles. The summed E-state index contributed by atoms with van der Waals surface area (Å²) in [5.74, 6) is -0.207. The zero-order chi connectivity index (χ0) is 12.1. The fraction of sp³-hybridized carbons (Fsp3) is 0.286. The second kappa shape index (κ2) is 5.43. The summed E-state index contributed by atoms with van der Waals surface area (Å²) in [6.45, 7) is 1.49. The second-order valence-corrected chi connectivity index (χ2v) is 4.07. The fourth-order valence-corrected chi connectivity index (χ4v) is 1.94. The number of rotatable bonds is 3. The molecule has 1 saturated heterocycles. The van der Waals surface area contributed by atoms with Crippen molar-refractivity contribution in [1.82, 2.24) is 4.90 Å². The van der Waals surface area contributed by atoms with Crippen LogP contribution in [-0.4, -0.2) is 30.2 Å². The summed E-state index contributed by atoms with van der Waals surface area (Å²) in [4.78, 5) is 24.6. The van der Waals surface area contributed by atoms with Crippen LogP contribution >= 0.6 is 0 Å². The number of amides is 1. The lowest BCUT2D eigenvalue weighted by atomic mass is 10.1. The van der Waals surface area contributed by atoms with Crippen LogP contribution in [0.1, 0.15) is 18.4 Å². The van der Waals surface area contributed by atoms with Gasteiger partial charge in [0.15, 0.2) is 0 Å². The third-order valence-electron chi connectivity index (χ3n) is 2.84. The van der Waals surface area contributed by atoms with Crippen LogP contribution in [0.5, 0.6) is 0 Å². The van der Waals surface area contributed by atoms with Gasteiger partial charge in [0, 0.05) is 13.1 Å². The largest absolute Gasteiger partial charge is 0.339 e. The van der Waals surface area contributed by atoms with Gasteiger partial charge in [0.25, 0.3) is 5.91 Å². The lowest BCUT2D eigenvalue weighted by Gasteiger charge is -2.14. The Kier molecular flexibility index (Phi) is 3.70. The van der Waals surface area contributed by atoms with Crippen molar-refractivity contribution < 1.29 is 9.59 Å². The quantitative estimate of drug-likeness (QED) is 0.449. The van der Waals surface area contributed by atoms with E-state index < -0.39 is 0 Å². The smallest absolute Gasteiger partial charge is 0.257 e. The highest BCUT2D eigenvalue weighted by Crippen LogP contribution is 2.13. The van der Waals surface area contributed by atoms with Crippen molar-refractivity contribution in [2.75, 3.05) is 13.1 Å². The van der Waals surface area contributed by atoms with Crippen LogP contribution in [0.15, 0.2) is 35.9 Å². The molecule has 0 atom stereocenters. The molecule has 0 N–H and O–H groups in total. The highest BCUT2D eigenvalue weighted by atomic mass is 16.2. The maximum atomic E-state index is 12.0. The van der Waals surface area contributed by atoms with E-state index in [0.29, 0.717) is 0 Å². The van der Waals surface area contributed by atoms with Crippen LogP contribution in [0.3, 0.4) is 0 Å². The molecule has 1 aromatic rings. The zero-order valence-electron chi connectivity index (χ0n) is 9.56. The molecule has 1 fully saturated rings. The zero-order valence-corrected chi connectivity index (χ0v) is 9.56. The Bertz CT molecular complexity index is 431. The summed E-state index contributed by atoms with van der Waals surface area (Å²) in [7, 11) is 0. The first-order valence-electron chi connectivity index (χ1n) is 5.75. The van der Waals surface area contributed by atoms with Crippen molar-refractivity contribution in [2.24, 2.45) is 0 Å². The van der Waals surface area contributed by atoms with Crippen LogP contribution in [0.25, 0.3) is 6.08 Å².